The summed E-state index contributed by atoms with van der Waals surface area (Å²) in [7, 11) is 0. The molecule has 1 aliphatic heterocycles. The lowest BCUT2D eigenvalue weighted by Crippen LogP contribution is -2.32. The molecule has 3 rings (SSSR count). The van der Waals surface area contributed by atoms with E-state index >= 15 is 0 Å². The number of benzene rings is 1. The minimum Gasteiger partial charge on any atom is -0.507 e. The molecular weight excluding hydrogens is 400 g/mol. The Labute approximate surface area is 169 Å². The number of aliphatic hydroxyl groups is 2. The van der Waals surface area contributed by atoms with Gasteiger partial charge in [0.2, 0.25) is 0 Å². The first-order valence-electron chi connectivity index (χ1n) is 8.71. The molecule has 2 N–H and O–H groups in total. The summed E-state index contributed by atoms with van der Waals surface area (Å²) in [4.78, 5) is 37.6. The summed E-state index contributed by atoms with van der Waals surface area (Å²) in [5.41, 5.74) is -0.0296. The van der Waals surface area contributed by atoms with Crippen LogP contribution in [0.1, 0.15) is 16.5 Å². The monoisotopic (exact) mass is 418 g/mol. The number of carbonyl (C=O) groups is 2. The van der Waals surface area contributed by atoms with Crippen molar-refractivity contribution in [1.29, 1.82) is 0 Å². The third-order valence-corrected chi connectivity index (χ3v) is 5.34. The number of nitro groups is 1. The Kier molecular flexibility index (Phi) is 6.37. The van der Waals surface area contributed by atoms with Crippen LogP contribution in [0.25, 0.3) is 5.76 Å². The standard InChI is InChI=1S/C19H18N2O7S/c22-8-10-28-9-7-20-16(14-2-1-11-29-14)15(18(24)19(20)25)17(23)12-3-5-13(6-4-12)21(26)27/h1-6,11,16,22-23H,7-10H2/b17-15+/t16-/m1/s1. The maximum absolute atomic E-state index is 12.7. The number of thiophene rings is 1. The van der Waals surface area contributed by atoms with Gasteiger partial charge in [0.25, 0.3) is 17.4 Å². The fourth-order valence-electron chi connectivity index (χ4n) is 3.08. The van der Waals surface area contributed by atoms with E-state index in [2.05, 4.69) is 0 Å². The summed E-state index contributed by atoms with van der Waals surface area (Å²) in [6.07, 6.45) is 0. The van der Waals surface area contributed by atoms with E-state index in [9.17, 15) is 24.8 Å². The molecule has 1 atom stereocenters. The molecule has 2 heterocycles. The van der Waals surface area contributed by atoms with Crippen LogP contribution in [0.2, 0.25) is 0 Å². The second kappa shape index (κ2) is 8.95. The van der Waals surface area contributed by atoms with Gasteiger partial charge in [0, 0.05) is 29.1 Å². The Bertz CT molecular complexity index is 938. The van der Waals surface area contributed by atoms with Crippen molar-refractivity contribution in [2.45, 2.75) is 6.04 Å². The summed E-state index contributed by atoms with van der Waals surface area (Å²) < 4.78 is 5.22. The van der Waals surface area contributed by atoms with Crippen LogP contribution < -0.4 is 0 Å². The number of rotatable bonds is 8. The van der Waals surface area contributed by atoms with Crippen molar-refractivity contribution in [3.8, 4) is 0 Å². The minimum atomic E-state index is -0.832. The first-order valence-corrected chi connectivity index (χ1v) is 9.59. The first kappa shape index (κ1) is 20.6. The molecule has 1 amide bonds. The number of non-ortho nitro benzene ring substituents is 1. The summed E-state index contributed by atoms with van der Waals surface area (Å²) in [5.74, 6) is -1.99. The van der Waals surface area contributed by atoms with Crippen molar-refractivity contribution in [3.05, 3.63) is 67.9 Å². The SMILES string of the molecule is O=C1C(=O)N(CCOCCO)[C@H](c2cccs2)/C1=C(\O)c1ccc([N+](=O)[O-])cc1. The average Bonchev–Trinajstić information content (AvgIpc) is 3.33. The van der Waals surface area contributed by atoms with Gasteiger partial charge in [-0.05, 0) is 23.6 Å². The van der Waals surface area contributed by atoms with Gasteiger partial charge in [-0.25, -0.2) is 0 Å². The van der Waals surface area contributed by atoms with E-state index in [1.165, 1.54) is 40.5 Å². The Morgan fingerprint density at radius 1 is 1.21 bits per heavy atom. The fraction of sp³-hybridized carbons (Fsp3) is 0.263. The number of hydrogen-bond acceptors (Lipinski definition) is 8. The molecule has 10 heteroatoms. The van der Waals surface area contributed by atoms with Crippen molar-refractivity contribution in [3.63, 3.8) is 0 Å². The molecule has 0 unspecified atom stereocenters. The highest BCUT2D eigenvalue weighted by Gasteiger charge is 2.46. The van der Waals surface area contributed by atoms with E-state index < -0.39 is 28.4 Å². The van der Waals surface area contributed by atoms with Gasteiger partial charge in [0.1, 0.15) is 5.76 Å². The molecule has 0 aliphatic carbocycles. The van der Waals surface area contributed by atoms with Gasteiger partial charge in [-0.2, -0.15) is 0 Å². The van der Waals surface area contributed by atoms with Crippen molar-refractivity contribution in [2.24, 2.45) is 0 Å². The third kappa shape index (κ3) is 4.19. The Morgan fingerprint density at radius 3 is 2.52 bits per heavy atom. The maximum atomic E-state index is 12.7. The van der Waals surface area contributed by atoms with Gasteiger partial charge in [-0.3, -0.25) is 19.7 Å². The molecule has 29 heavy (non-hydrogen) atoms. The second-order valence-corrected chi connectivity index (χ2v) is 7.13. The molecule has 9 nitrogen and oxygen atoms in total. The van der Waals surface area contributed by atoms with Crippen molar-refractivity contribution < 1.29 is 29.5 Å². The van der Waals surface area contributed by atoms with E-state index in [-0.39, 0.29) is 43.2 Å². The zero-order chi connectivity index (χ0) is 21.0. The minimum absolute atomic E-state index is 0.0755. The molecule has 0 spiro atoms. The fourth-order valence-corrected chi connectivity index (χ4v) is 3.92. The van der Waals surface area contributed by atoms with E-state index in [4.69, 9.17) is 9.84 Å². The highest BCUT2D eigenvalue weighted by Crippen LogP contribution is 2.40. The maximum Gasteiger partial charge on any atom is 0.295 e. The predicted molar refractivity (Wildman–Crippen MR) is 104 cm³/mol. The smallest absolute Gasteiger partial charge is 0.295 e. The molecule has 1 aromatic heterocycles. The number of likely N-dealkylation sites (tertiary alicyclic amines) is 1. The number of carbonyl (C=O) groups excluding carboxylic acids is 2. The van der Waals surface area contributed by atoms with E-state index in [1.807, 2.05) is 0 Å². The number of ether oxygens (including phenoxy) is 1. The van der Waals surface area contributed by atoms with Crippen LogP contribution in [-0.2, 0) is 14.3 Å². The zero-order valence-corrected chi connectivity index (χ0v) is 16.0. The lowest BCUT2D eigenvalue weighted by molar-refractivity contribution is -0.384. The second-order valence-electron chi connectivity index (χ2n) is 6.15. The molecule has 152 valence electrons. The average molecular weight is 418 g/mol. The number of amides is 1. The third-order valence-electron chi connectivity index (χ3n) is 4.42. The van der Waals surface area contributed by atoms with Crippen molar-refractivity contribution >= 4 is 34.5 Å². The van der Waals surface area contributed by atoms with Gasteiger partial charge in [0.15, 0.2) is 0 Å². The van der Waals surface area contributed by atoms with Crippen LogP contribution in [0, 0.1) is 10.1 Å². The summed E-state index contributed by atoms with van der Waals surface area (Å²) in [5, 5.41) is 32.2. The summed E-state index contributed by atoms with van der Waals surface area (Å²) in [6.45, 7) is 0.168. The van der Waals surface area contributed by atoms with Gasteiger partial charge in [-0.15, -0.1) is 11.3 Å². The predicted octanol–water partition coefficient (Wildman–Crippen LogP) is 2.09. The molecular formula is C19H18N2O7S. The number of hydrogen-bond donors (Lipinski definition) is 2. The summed E-state index contributed by atoms with van der Waals surface area (Å²) in [6, 6.07) is 7.83. The molecule has 0 radical (unpaired) electrons. The molecule has 0 bridgehead atoms. The topological polar surface area (TPSA) is 130 Å². The van der Waals surface area contributed by atoms with Gasteiger partial charge in [0.05, 0.1) is 36.4 Å². The lowest BCUT2D eigenvalue weighted by Gasteiger charge is -2.23. The molecule has 0 saturated carbocycles. The molecule has 1 aromatic carbocycles. The number of aliphatic hydroxyl groups excluding tert-OH is 2. The van der Waals surface area contributed by atoms with Crippen LogP contribution in [-0.4, -0.2) is 58.1 Å². The van der Waals surface area contributed by atoms with Gasteiger partial charge in [-0.1, -0.05) is 6.07 Å². The Balaban J connectivity index is 2.00. The zero-order valence-electron chi connectivity index (χ0n) is 15.2. The lowest BCUT2D eigenvalue weighted by atomic mass is 10.00. The van der Waals surface area contributed by atoms with E-state index in [1.54, 1.807) is 17.5 Å². The van der Waals surface area contributed by atoms with E-state index in [0.29, 0.717) is 4.88 Å². The van der Waals surface area contributed by atoms with E-state index in [0.717, 1.165) is 0 Å². The van der Waals surface area contributed by atoms with Crippen molar-refractivity contribution in [1.82, 2.24) is 4.90 Å². The number of nitrogens with zero attached hydrogens (tertiary/aromatic N) is 2. The summed E-state index contributed by atoms with van der Waals surface area (Å²) >= 11 is 1.33. The number of ketones is 1. The van der Waals surface area contributed by atoms with Crippen LogP contribution in [0.3, 0.4) is 0 Å². The molecule has 1 fully saturated rings. The van der Waals surface area contributed by atoms with Gasteiger partial charge >= 0.3 is 0 Å². The first-order chi connectivity index (χ1) is 14.0. The molecule has 1 saturated heterocycles. The van der Waals surface area contributed by atoms with Crippen molar-refractivity contribution in [2.75, 3.05) is 26.4 Å². The van der Waals surface area contributed by atoms with Gasteiger partial charge < -0.3 is 19.8 Å². The Morgan fingerprint density at radius 2 is 1.93 bits per heavy atom. The van der Waals surface area contributed by atoms with Crippen LogP contribution in [0.15, 0.2) is 47.4 Å². The quantitative estimate of drug-likeness (QED) is 0.168. The number of nitro benzene ring substituents is 1. The highest BCUT2D eigenvalue weighted by atomic mass is 32.1. The molecule has 2 aromatic rings. The Hall–Kier alpha value is -3.08. The van der Waals surface area contributed by atoms with Crippen LogP contribution in [0.4, 0.5) is 5.69 Å². The van der Waals surface area contributed by atoms with Crippen LogP contribution >= 0.6 is 11.3 Å². The van der Waals surface area contributed by atoms with Crippen LogP contribution in [0.5, 0.6) is 0 Å². The number of Topliss-reactive ketones (excluding diaryl/α,β-unsaturated/α-hetero) is 1. The normalized spacial score (nSPS) is 18.4. The largest absolute Gasteiger partial charge is 0.507 e. The highest BCUT2D eigenvalue weighted by molar-refractivity contribution is 7.10. The molecule has 1 aliphatic rings.